The lowest BCUT2D eigenvalue weighted by Gasteiger charge is -1.91. The molecule has 0 heterocycles. The molecule has 0 radical (unpaired) electrons. The van der Waals surface area contributed by atoms with Crippen molar-refractivity contribution < 1.29 is 4.84 Å². The molecule has 3 nitrogen and oxygen atoms in total. The second-order valence-corrected chi connectivity index (χ2v) is 2.17. The molecule has 0 bridgehead atoms. The molecular weight excluding hydrogens is 140 g/mol. The molecule has 0 spiro atoms. The van der Waals surface area contributed by atoms with Crippen molar-refractivity contribution in [3.63, 3.8) is 0 Å². The van der Waals surface area contributed by atoms with Gasteiger partial charge in [-0.05, 0) is 26.4 Å². The molecule has 3 N–H and O–H groups in total. The van der Waals surface area contributed by atoms with Crippen molar-refractivity contribution in [3.8, 4) is 0 Å². The number of allylic oxidation sites excluding steroid dienone is 1. The van der Waals surface area contributed by atoms with Crippen LogP contribution in [-0.4, -0.2) is 13.1 Å². The predicted octanol–water partition coefficient (Wildman–Crippen LogP) is 1.42. The maximum atomic E-state index is 4.57. The third-order valence-corrected chi connectivity index (χ3v) is 0.878. The summed E-state index contributed by atoms with van der Waals surface area (Å²) >= 11 is 0. The van der Waals surface area contributed by atoms with Crippen molar-refractivity contribution >= 4 is 0 Å². The summed E-state index contributed by atoms with van der Waals surface area (Å²) in [7, 11) is 0. The van der Waals surface area contributed by atoms with Gasteiger partial charge in [-0.2, -0.15) is 5.90 Å². The first kappa shape index (κ1) is 13.1. The minimum absolute atomic E-state index is 0.532. The van der Waals surface area contributed by atoms with Crippen molar-refractivity contribution in [2.45, 2.75) is 27.2 Å². The van der Waals surface area contributed by atoms with Crippen LogP contribution in [0.25, 0.3) is 0 Å². The zero-order valence-corrected chi connectivity index (χ0v) is 7.81. The third kappa shape index (κ3) is 26.5. The van der Waals surface area contributed by atoms with Crippen LogP contribution in [0.4, 0.5) is 0 Å². The monoisotopic (exact) mass is 160 g/mol. The van der Waals surface area contributed by atoms with E-state index in [0.717, 1.165) is 13.1 Å². The van der Waals surface area contributed by atoms with Crippen LogP contribution in [0, 0.1) is 0 Å². The van der Waals surface area contributed by atoms with Gasteiger partial charge in [-0.3, -0.25) is 0 Å². The summed E-state index contributed by atoms with van der Waals surface area (Å²) in [5, 5.41) is 3.20. The molecule has 0 aliphatic heterocycles. The average Bonchev–Trinajstić information content (AvgIpc) is 2.02. The van der Waals surface area contributed by atoms with E-state index < -0.39 is 0 Å². The summed E-state index contributed by atoms with van der Waals surface area (Å²) in [4.78, 5) is 4.06. The van der Waals surface area contributed by atoms with E-state index in [1.165, 1.54) is 6.42 Å². The Balaban J connectivity index is 0. The highest BCUT2D eigenvalue weighted by molar-refractivity contribution is 4.70. The van der Waals surface area contributed by atoms with Crippen molar-refractivity contribution in [1.82, 2.24) is 5.32 Å². The third-order valence-electron chi connectivity index (χ3n) is 0.878. The zero-order chi connectivity index (χ0) is 9.11. The lowest BCUT2D eigenvalue weighted by atomic mass is 10.5. The highest BCUT2D eigenvalue weighted by atomic mass is 16.6. The number of nitrogens with one attached hydrogen (secondary N) is 1. The Kier molecular flexibility index (Phi) is 14.5. The number of hydrogen-bond acceptors (Lipinski definition) is 3. The molecule has 0 atom stereocenters. The van der Waals surface area contributed by atoms with E-state index in [1.807, 2.05) is 0 Å². The second-order valence-electron chi connectivity index (χ2n) is 2.17. The molecule has 3 heteroatoms. The van der Waals surface area contributed by atoms with Crippen molar-refractivity contribution in [1.29, 1.82) is 0 Å². The Morgan fingerprint density at radius 3 is 2.09 bits per heavy atom. The van der Waals surface area contributed by atoms with Crippen LogP contribution in [0.2, 0.25) is 0 Å². The van der Waals surface area contributed by atoms with E-state index in [4.69, 9.17) is 0 Å². The number of rotatable bonds is 4. The molecule has 0 aromatic rings. The van der Waals surface area contributed by atoms with E-state index in [0.29, 0.717) is 5.76 Å². The first-order valence-corrected chi connectivity index (χ1v) is 3.91. The smallest absolute Gasteiger partial charge is 0.113 e. The lowest BCUT2D eigenvalue weighted by molar-refractivity contribution is 0.224. The molecule has 0 fully saturated rings. The fourth-order valence-electron chi connectivity index (χ4n) is 0.354. The number of hydrogen-bond donors (Lipinski definition) is 2. The summed E-state index contributed by atoms with van der Waals surface area (Å²) in [5.41, 5.74) is 0. The molecule has 0 aliphatic carbocycles. The highest BCUT2D eigenvalue weighted by Gasteiger charge is 1.71. The van der Waals surface area contributed by atoms with Crippen molar-refractivity contribution in [3.05, 3.63) is 12.3 Å². The Bertz CT molecular complexity index is 80.2. The molecule has 0 aromatic carbocycles. The molecule has 0 saturated heterocycles. The van der Waals surface area contributed by atoms with Gasteiger partial charge >= 0.3 is 0 Å². The number of nitrogens with two attached hydrogens (primary N) is 1. The largest absolute Gasteiger partial charge is 0.417 e. The molecule has 0 rings (SSSR count). The average molecular weight is 160 g/mol. The molecule has 11 heavy (non-hydrogen) atoms. The topological polar surface area (TPSA) is 47.3 Å². The second kappa shape index (κ2) is 12.2. The lowest BCUT2D eigenvalue weighted by Crippen LogP contribution is -2.12. The van der Waals surface area contributed by atoms with Gasteiger partial charge in [-0.15, -0.1) is 0 Å². The molecule has 0 aromatic heterocycles. The first-order valence-electron chi connectivity index (χ1n) is 3.91. The fourth-order valence-corrected chi connectivity index (χ4v) is 0.354. The molecular formula is C8H20N2O. The Morgan fingerprint density at radius 2 is 2.00 bits per heavy atom. The van der Waals surface area contributed by atoms with Gasteiger partial charge < -0.3 is 10.2 Å². The minimum Gasteiger partial charge on any atom is -0.417 e. The van der Waals surface area contributed by atoms with Gasteiger partial charge in [0, 0.05) is 0 Å². The standard InChI is InChI=1S/C5H13N.C3H7NO/c1-3-5-6-4-2;1-3(2)5-4/h6H,3-5H2,1-2H3;1,4H2,2H3. The predicted molar refractivity (Wildman–Crippen MR) is 48.9 cm³/mol. The van der Waals surface area contributed by atoms with Gasteiger partial charge in [-0.1, -0.05) is 20.4 Å². The summed E-state index contributed by atoms with van der Waals surface area (Å²) in [6, 6.07) is 0. The van der Waals surface area contributed by atoms with E-state index >= 15 is 0 Å². The van der Waals surface area contributed by atoms with E-state index in [9.17, 15) is 0 Å². The maximum absolute atomic E-state index is 4.57. The van der Waals surface area contributed by atoms with Gasteiger partial charge in [0.25, 0.3) is 0 Å². The maximum Gasteiger partial charge on any atom is 0.113 e. The van der Waals surface area contributed by atoms with E-state index in [-0.39, 0.29) is 0 Å². The quantitative estimate of drug-likeness (QED) is 0.371. The molecule has 0 aliphatic rings. The van der Waals surface area contributed by atoms with E-state index in [2.05, 4.69) is 36.5 Å². The molecule has 0 saturated carbocycles. The van der Waals surface area contributed by atoms with Crippen LogP contribution in [-0.2, 0) is 4.84 Å². The van der Waals surface area contributed by atoms with Crippen LogP contribution in [0.5, 0.6) is 0 Å². The van der Waals surface area contributed by atoms with Gasteiger partial charge in [0.1, 0.15) is 5.76 Å². The van der Waals surface area contributed by atoms with Gasteiger partial charge in [0.05, 0.1) is 0 Å². The van der Waals surface area contributed by atoms with Crippen molar-refractivity contribution in [2.75, 3.05) is 13.1 Å². The Hall–Kier alpha value is -0.540. The van der Waals surface area contributed by atoms with Crippen LogP contribution in [0.15, 0.2) is 12.3 Å². The zero-order valence-electron chi connectivity index (χ0n) is 7.81. The normalized spacial score (nSPS) is 8.00. The molecule has 0 unspecified atom stereocenters. The molecule has 0 amide bonds. The van der Waals surface area contributed by atoms with Gasteiger partial charge in [-0.25, -0.2) is 0 Å². The summed E-state index contributed by atoms with van der Waals surface area (Å²) in [6.07, 6.45) is 1.24. The molecule has 68 valence electrons. The first-order chi connectivity index (χ1) is 5.18. The van der Waals surface area contributed by atoms with Crippen LogP contribution in [0.3, 0.4) is 0 Å². The summed E-state index contributed by atoms with van der Waals surface area (Å²) in [5.74, 6) is 5.10. The van der Waals surface area contributed by atoms with Crippen LogP contribution >= 0.6 is 0 Å². The Morgan fingerprint density at radius 1 is 1.55 bits per heavy atom. The van der Waals surface area contributed by atoms with Crippen LogP contribution < -0.4 is 11.2 Å². The van der Waals surface area contributed by atoms with Crippen molar-refractivity contribution in [2.24, 2.45) is 5.90 Å². The minimum atomic E-state index is 0.532. The highest BCUT2D eigenvalue weighted by Crippen LogP contribution is 1.76. The van der Waals surface area contributed by atoms with Crippen LogP contribution in [0.1, 0.15) is 27.2 Å². The fraction of sp³-hybridized carbons (Fsp3) is 0.750. The van der Waals surface area contributed by atoms with Gasteiger partial charge in [0.15, 0.2) is 0 Å². The van der Waals surface area contributed by atoms with E-state index in [1.54, 1.807) is 6.92 Å². The SMILES string of the molecule is C=C(C)ON.CCCNCC. The summed E-state index contributed by atoms with van der Waals surface area (Å²) < 4.78 is 0. The Labute approximate surface area is 69.6 Å². The summed E-state index contributed by atoms with van der Waals surface area (Å²) in [6.45, 7) is 11.6. The van der Waals surface area contributed by atoms with Gasteiger partial charge in [0.2, 0.25) is 0 Å².